The lowest BCUT2D eigenvalue weighted by atomic mass is 10.0. The Balaban J connectivity index is 2.41. The molecule has 1 saturated heterocycles. The number of para-hydroxylation sites is 1. The molecule has 4 nitrogen and oxygen atoms in total. The van der Waals surface area contributed by atoms with E-state index in [1.165, 1.54) is 11.8 Å². The van der Waals surface area contributed by atoms with Crippen molar-refractivity contribution in [2.24, 2.45) is 5.92 Å². The van der Waals surface area contributed by atoms with E-state index < -0.39 is 17.9 Å². The molecule has 1 aromatic rings. The summed E-state index contributed by atoms with van der Waals surface area (Å²) in [5, 5.41) is 0. The average Bonchev–Trinajstić information content (AvgIpc) is 2.51. The monoisotopic (exact) mass is 231 g/mol. The number of benzene rings is 1. The van der Waals surface area contributed by atoms with E-state index in [0.29, 0.717) is 5.69 Å². The van der Waals surface area contributed by atoms with Crippen molar-refractivity contribution in [1.82, 2.24) is 0 Å². The Morgan fingerprint density at radius 2 is 1.76 bits per heavy atom. The Labute approximate surface area is 99.2 Å². The molecule has 1 fully saturated rings. The molecule has 1 aliphatic heterocycles. The molecule has 88 valence electrons. The molecule has 2 atom stereocenters. The van der Waals surface area contributed by atoms with Crippen LogP contribution in [0.25, 0.3) is 0 Å². The van der Waals surface area contributed by atoms with E-state index in [1.807, 2.05) is 6.07 Å². The van der Waals surface area contributed by atoms with Crippen LogP contribution in [-0.4, -0.2) is 23.5 Å². The highest BCUT2D eigenvalue weighted by atomic mass is 16.2. The molecule has 0 bridgehead atoms. The largest absolute Gasteiger partial charge is 0.301 e. The zero-order valence-electron chi connectivity index (χ0n) is 9.71. The second kappa shape index (κ2) is 4.13. The summed E-state index contributed by atoms with van der Waals surface area (Å²) < 4.78 is 0. The fraction of sp³-hybridized carbons (Fsp3) is 0.308. The van der Waals surface area contributed by atoms with Gasteiger partial charge in [0.15, 0.2) is 11.7 Å². The molecule has 1 aliphatic rings. The summed E-state index contributed by atoms with van der Waals surface area (Å²) >= 11 is 0. The highest BCUT2D eigenvalue weighted by Crippen LogP contribution is 2.28. The Kier molecular flexibility index (Phi) is 2.79. The van der Waals surface area contributed by atoms with Crippen LogP contribution in [0.15, 0.2) is 30.3 Å². The molecule has 0 aliphatic carbocycles. The second-order valence-corrected chi connectivity index (χ2v) is 4.17. The number of carbonyl (C=O) groups is 3. The maximum atomic E-state index is 12.1. The molecular weight excluding hydrogens is 218 g/mol. The molecule has 17 heavy (non-hydrogen) atoms. The zero-order valence-corrected chi connectivity index (χ0v) is 9.71. The van der Waals surface area contributed by atoms with E-state index in [4.69, 9.17) is 0 Å². The summed E-state index contributed by atoms with van der Waals surface area (Å²) in [5.74, 6) is -2.23. The molecule has 2 rings (SSSR count). The van der Waals surface area contributed by atoms with Crippen LogP contribution in [0.1, 0.15) is 13.8 Å². The minimum atomic E-state index is -1.12. The highest BCUT2D eigenvalue weighted by molar-refractivity contribution is 6.29. The van der Waals surface area contributed by atoms with E-state index in [-0.39, 0.29) is 11.6 Å². The van der Waals surface area contributed by atoms with E-state index in [0.717, 1.165) is 0 Å². The van der Waals surface area contributed by atoms with Gasteiger partial charge in [-0.25, -0.2) is 0 Å². The average molecular weight is 231 g/mol. The van der Waals surface area contributed by atoms with Gasteiger partial charge in [-0.1, -0.05) is 18.2 Å². The van der Waals surface area contributed by atoms with Crippen molar-refractivity contribution in [3.05, 3.63) is 30.3 Å². The maximum Gasteiger partial charge on any atom is 0.245 e. The molecule has 1 amide bonds. The van der Waals surface area contributed by atoms with Gasteiger partial charge in [0.1, 0.15) is 5.78 Å². The van der Waals surface area contributed by atoms with Gasteiger partial charge >= 0.3 is 0 Å². The third-order valence-electron chi connectivity index (χ3n) is 3.01. The Morgan fingerprint density at radius 3 is 2.24 bits per heavy atom. The van der Waals surface area contributed by atoms with Gasteiger partial charge in [0, 0.05) is 5.69 Å². The zero-order chi connectivity index (χ0) is 12.6. The van der Waals surface area contributed by atoms with E-state index in [2.05, 4.69) is 0 Å². The summed E-state index contributed by atoms with van der Waals surface area (Å²) in [4.78, 5) is 36.6. The van der Waals surface area contributed by atoms with E-state index >= 15 is 0 Å². The minimum Gasteiger partial charge on any atom is -0.301 e. The summed E-state index contributed by atoms with van der Waals surface area (Å²) in [6.07, 6.45) is 0. The van der Waals surface area contributed by atoms with Gasteiger partial charge in [-0.2, -0.15) is 0 Å². The van der Waals surface area contributed by atoms with Crippen LogP contribution < -0.4 is 4.90 Å². The molecular formula is C13H13NO3. The Hall–Kier alpha value is -1.97. The number of carbonyl (C=O) groups excluding carboxylic acids is 3. The fourth-order valence-electron chi connectivity index (χ4n) is 2.13. The summed E-state index contributed by atoms with van der Waals surface area (Å²) in [5.41, 5.74) is 0.655. The third kappa shape index (κ3) is 1.75. The smallest absolute Gasteiger partial charge is 0.245 e. The van der Waals surface area contributed by atoms with Crippen LogP contribution in [0, 0.1) is 5.92 Å². The molecule has 0 saturated carbocycles. The summed E-state index contributed by atoms with van der Waals surface area (Å²) in [7, 11) is 0. The van der Waals surface area contributed by atoms with Gasteiger partial charge < -0.3 is 4.90 Å². The molecule has 2 unspecified atom stereocenters. The van der Waals surface area contributed by atoms with Crippen LogP contribution in [0.4, 0.5) is 5.69 Å². The number of hydrogen-bond acceptors (Lipinski definition) is 3. The second-order valence-electron chi connectivity index (χ2n) is 4.17. The first-order valence-corrected chi connectivity index (χ1v) is 5.46. The summed E-state index contributed by atoms with van der Waals surface area (Å²) in [6.45, 7) is 2.93. The maximum absolute atomic E-state index is 12.1. The van der Waals surface area contributed by atoms with Crippen molar-refractivity contribution in [3.63, 3.8) is 0 Å². The molecule has 1 heterocycles. The number of anilines is 1. The van der Waals surface area contributed by atoms with Crippen LogP contribution in [0.2, 0.25) is 0 Å². The first-order valence-electron chi connectivity index (χ1n) is 5.46. The molecule has 4 heteroatoms. The molecule has 0 spiro atoms. The lowest BCUT2D eigenvalue weighted by Crippen LogP contribution is -2.33. The number of rotatable bonds is 2. The Morgan fingerprint density at radius 1 is 1.18 bits per heavy atom. The summed E-state index contributed by atoms with van der Waals surface area (Å²) in [6, 6.07) is 8.36. The topological polar surface area (TPSA) is 54.5 Å². The lowest BCUT2D eigenvalue weighted by Gasteiger charge is -2.20. The van der Waals surface area contributed by atoms with Crippen LogP contribution in [-0.2, 0) is 14.4 Å². The van der Waals surface area contributed by atoms with Gasteiger partial charge in [0.2, 0.25) is 5.91 Å². The first kappa shape index (κ1) is 11.5. The van der Waals surface area contributed by atoms with Gasteiger partial charge in [0.05, 0.1) is 6.04 Å². The minimum absolute atomic E-state index is 0.314. The standard InChI is InChI=1S/C13H13NO3/c1-8-12(16)11(9(2)15)13(17)14(8)10-6-4-3-5-7-10/h3-8,11H,1-2H3. The fourth-order valence-corrected chi connectivity index (χ4v) is 2.13. The van der Waals surface area contributed by atoms with Crippen LogP contribution >= 0.6 is 0 Å². The van der Waals surface area contributed by atoms with Crippen LogP contribution in [0.3, 0.4) is 0 Å². The number of hydrogen-bond donors (Lipinski definition) is 0. The van der Waals surface area contributed by atoms with Crippen molar-refractivity contribution < 1.29 is 14.4 Å². The van der Waals surface area contributed by atoms with Crippen molar-refractivity contribution in [3.8, 4) is 0 Å². The van der Waals surface area contributed by atoms with Gasteiger partial charge in [0.25, 0.3) is 0 Å². The van der Waals surface area contributed by atoms with E-state index in [1.54, 1.807) is 31.2 Å². The SMILES string of the molecule is CC(=O)C1C(=O)C(C)N(c2ccccc2)C1=O. The number of Topliss-reactive ketones (excluding diaryl/α,β-unsaturated/α-hetero) is 2. The highest BCUT2D eigenvalue weighted by Gasteiger charge is 2.47. The number of ketones is 2. The van der Waals surface area contributed by atoms with Crippen LogP contribution in [0.5, 0.6) is 0 Å². The lowest BCUT2D eigenvalue weighted by molar-refractivity contribution is -0.135. The van der Waals surface area contributed by atoms with Crippen molar-refractivity contribution in [2.75, 3.05) is 4.90 Å². The van der Waals surface area contributed by atoms with Gasteiger partial charge in [-0.15, -0.1) is 0 Å². The number of amides is 1. The van der Waals surface area contributed by atoms with Crippen molar-refractivity contribution >= 4 is 23.2 Å². The Bertz CT molecular complexity index is 481. The predicted octanol–water partition coefficient (Wildman–Crippen LogP) is 1.20. The van der Waals surface area contributed by atoms with Gasteiger partial charge in [-0.3, -0.25) is 14.4 Å². The molecule has 1 aromatic carbocycles. The normalized spacial score (nSPS) is 24.2. The van der Waals surface area contributed by atoms with Crippen molar-refractivity contribution in [2.45, 2.75) is 19.9 Å². The number of nitrogens with zero attached hydrogens (tertiary/aromatic N) is 1. The predicted molar refractivity (Wildman–Crippen MR) is 62.6 cm³/mol. The molecule has 0 N–H and O–H groups in total. The van der Waals surface area contributed by atoms with Gasteiger partial charge in [-0.05, 0) is 26.0 Å². The van der Waals surface area contributed by atoms with Crippen molar-refractivity contribution in [1.29, 1.82) is 0 Å². The quantitative estimate of drug-likeness (QED) is 0.718. The van der Waals surface area contributed by atoms with E-state index in [9.17, 15) is 14.4 Å². The molecule has 0 radical (unpaired) electrons. The molecule has 0 aromatic heterocycles. The third-order valence-corrected chi connectivity index (χ3v) is 3.01. The first-order chi connectivity index (χ1) is 8.04.